The quantitative estimate of drug-likeness (QED) is 0.596. The highest BCUT2D eigenvalue weighted by molar-refractivity contribution is 7.88. The van der Waals surface area contributed by atoms with Crippen LogP contribution in [0.25, 0.3) is 0 Å². The van der Waals surface area contributed by atoms with Crippen LogP contribution in [0.5, 0.6) is 0 Å². The van der Waals surface area contributed by atoms with E-state index in [1.807, 2.05) is 18.2 Å². The average Bonchev–Trinajstić information content (AvgIpc) is 2.68. The maximum absolute atomic E-state index is 12.6. The van der Waals surface area contributed by atoms with Gasteiger partial charge >= 0.3 is 0 Å². The highest BCUT2D eigenvalue weighted by atomic mass is 32.2. The molecule has 1 aliphatic heterocycles. The number of amidine groups is 1. The third-order valence-electron chi connectivity index (χ3n) is 4.55. The van der Waals surface area contributed by atoms with Crippen LogP contribution in [0.3, 0.4) is 0 Å². The maximum Gasteiger partial charge on any atom is 0.253 e. The summed E-state index contributed by atoms with van der Waals surface area (Å²) in [6.45, 7) is 1.27. The molecule has 1 aliphatic rings. The van der Waals surface area contributed by atoms with E-state index in [0.717, 1.165) is 5.56 Å². The van der Waals surface area contributed by atoms with Gasteiger partial charge in [0, 0.05) is 37.3 Å². The Kier molecular flexibility index (Phi) is 5.57. The first kappa shape index (κ1) is 19.1. The predicted octanol–water partition coefficient (Wildman–Crippen LogP) is 1.26. The lowest BCUT2D eigenvalue weighted by Crippen LogP contribution is -2.50. The van der Waals surface area contributed by atoms with Crippen molar-refractivity contribution in [1.82, 2.24) is 9.21 Å². The van der Waals surface area contributed by atoms with Crippen molar-refractivity contribution in [2.24, 2.45) is 5.73 Å². The van der Waals surface area contributed by atoms with Gasteiger partial charge in [0.05, 0.1) is 5.75 Å². The number of piperazine rings is 1. The Bertz CT molecular complexity index is 919. The molecule has 0 radical (unpaired) electrons. The number of nitrogen functional groups attached to an aromatic ring is 1. The summed E-state index contributed by atoms with van der Waals surface area (Å²) in [7, 11) is -3.41. The molecule has 142 valence electrons. The van der Waals surface area contributed by atoms with Crippen LogP contribution in [0.4, 0.5) is 0 Å². The molecule has 0 saturated carbocycles. The van der Waals surface area contributed by atoms with Gasteiger partial charge in [0.2, 0.25) is 10.0 Å². The number of rotatable bonds is 5. The van der Waals surface area contributed by atoms with Gasteiger partial charge in [-0.1, -0.05) is 42.5 Å². The average molecular weight is 386 g/mol. The van der Waals surface area contributed by atoms with E-state index in [2.05, 4.69) is 0 Å². The predicted molar refractivity (Wildman–Crippen MR) is 104 cm³/mol. The number of hydrogen-bond acceptors (Lipinski definition) is 4. The van der Waals surface area contributed by atoms with Crippen molar-refractivity contribution >= 4 is 21.8 Å². The first-order valence-electron chi connectivity index (χ1n) is 8.62. The molecule has 2 aromatic rings. The maximum atomic E-state index is 12.6. The van der Waals surface area contributed by atoms with Gasteiger partial charge in [0.15, 0.2) is 0 Å². The SMILES string of the molecule is N=C(N)c1ccc(C(=O)N2CCN(S(=O)(=O)Cc3ccccc3)CC2)cc1. The minimum Gasteiger partial charge on any atom is -0.384 e. The van der Waals surface area contributed by atoms with E-state index in [1.165, 1.54) is 4.31 Å². The van der Waals surface area contributed by atoms with Gasteiger partial charge in [-0.05, 0) is 17.7 Å². The molecule has 3 N–H and O–H groups in total. The zero-order valence-corrected chi connectivity index (χ0v) is 15.7. The van der Waals surface area contributed by atoms with Crippen LogP contribution in [0.1, 0.15) is 21.5 Å². The molecule has 1 heterocycles. The molecule has 1 fully saturated rings. The van der Waals surface area contributed by atoms with Gasteiger partial charge < -0.3 is 10.6 Å². The number of nitrogens with one attached hydrogen (secondary N) is 1. The Morgan fingerprint density at radius 3 is 2.04 bits per heavy atom. The van der Waals surface area contributed by atoms with E-state index in [9.17, 15) is 13.2 Å². The van der Waals surface area contributed by atoms with E-state index in [1.54, 1.807) is 41.3 Å². The molecule has 0 atom stereocenters. The van der Waals surface area contributed by atoms with Gasteiger partial charge in [-0.25, -0.2) is 8.42 Å². The summed E-state index contributed by atoms with van der Waals surface area (Å²) in [5, 5.41) is 7.39. The molecule has 1 amide bonds. The fraction of sp³-hybridized carbons (Fsp3) is 0.263. The van der Waals surface area contributed by atoms with E-state index in [0.29, 0.717) is 24.2 Å². The van der Waals surface area contributed by atoms with Crippen molar-refractivity contribution < 1.29 is 13.2 Å². The molecule has 0 bridgehead atoms. The fourth-order valence-corrected chi connectivity index (χ4v) is 4.54. The van der Waals surface area contributed by atoms with E-state index < -0.39 is 10.0 Å². The van der Waals surface area contributed by atoms with Crippen LogP contribution in [-0.4, -0.2) is 55.5 Å². The highest BCUT2D eigenvalue weighted by Gasteiger charge is 2.29. The number of carbonyl (C=O) groups excluding carboxylic acids is 1. The van der Waals surface area contributed by atoms with E-state index in [4.69, 9.17) is 11.1 Å². The van der Waals surface area contributed by atoms with Crippen molar-refractivity contribution in [1.29, 1.82) is 5.41 Å². The second-order valence-electron chi connectivity index (χ2n) is 6.42. The second kappa shape index (κ2) is 7.89. The topological polar surface area (TPSA) is 108 Å². The lowest BCUT2D eigenvalue weighted by Gasteiger charge is -2.34. The van der Waals surface area contributed by atoms with Crippen LogP contribution in [0.2, 0.25) is 0 Å². The minimum absolute atomic E-state index is 0.0334. The van der Waals surface area contributed by atoms with Crippen molar-refractivity contribution in [3.8, 4) is 0 Å². The number of nitrogens with two attached hydrogens (primary N) is 1. The number of benzene rings is 2. The molecule has 2 aromatic carbocycles. The molecule has 3 rings (SSSR count). The number of hydrogen-bond donors (Lipinski definition) is 2. The third-order valence-corrected chi connectivity index (χ3v) is 6.40. The van der Waals surface area contributed by atoms with Gasteiger partial charge in [0.1, 0.15) is 5.84 Å². The van der Waals surface area contributed by atoms with Crippen molar-refractivity contribution in [3.05, 3.63) is 71.3 Å². The minimum atomic E-state index is -3.41. The summed E-state index contributed by atoms with van der Waals surface area (Å²) in [5.41, 5.74) is 7.23. The fourth-order valence-electron chi connectivity index (χ4n) is 3.02. The molecule has 0 unspecified atom stereocenters. The Hall–Kier alpha value is -2.71. The zero-order valence-electron chi connectivity index (χ0n) is 14.8. The Morgan fingerprint density at radius 1 is 0.926 bits per heavy atom. The Balaban J connectivity index is 1.61. The van der Waals surface area contributed by atoms with Crippen molar-refractivity contribution in [2.75, 3.05) is 26.2 Å². The van der Waals surface area contributed by atoms with Gasteiger partial charge in [-0.3, -0.25) is 10.2 Å². The molecular weight excluding hydrogens is 364 g/mol. The van der Waals surface area contributed by atoms with Crippen LogP contribution in [0.15, 0.2) is 54.6 Å². The van der Waals surface area contributed by atoms with Crippen LogP contribution in [0, 0.1) is 5.41 Å². The first-order valence-corrected chi connectivity index (χ1v) is 10.2. The van der Waals surface area contributed by atoms with E-state index in [-0.39, 0.29) is 30.6 Å². The van der Waals surface area contributed by atoms with Gasteiger partial charge in [-0.15, -0.1) is 0 Å². The number of nitrogens with zero attached hydrogens (tertiary/aromatic N) is 2. The van der Waals surface area contributed by atoms with Gasteiger partial charge in [-0.2, -0.15) is 4.31 Å². The standard InChI is InChI=1S/C19H22N4O3S/c20-18(21)16-6-8-17(9-7-16)19(24)22-10-12-23(13-11-22)27(25,26)14-15-4-2-1-3-5-15/h1-9H,10-14H2,(H3,20,21). The van der Waals surface area contributed by atoms with Crippen molar-refractivity contribution in [3.63, 3.8) is 0 Å². The summed E-state index contributed by atoms with van der Waals surface area (Å²) < 4.78 is 26.6. The Morgan fingerprint density at radius 2 is 1.48 bits per heavy atom. The summed E-state index contributed by atoms with van der Waals surface area (Å²) in [6.07, 6.45) is 0. The van der Waals surface area contributed by atoms with Crippen LogP contribution < -0.4 is 5.73 Å². The largest absolute Gasteiger partial charge is 0.384 e. The summed E-state index contributed by atoms with van der Waals surface area (Å²) in [4.78, 5) is 14.3. The molecule has 0 aliphatic carbocycles. The summed E-state index contributed by atoms with van der Waals surface area (Å²) in [5.74, 6) is -0.231. The van der Waals surface area contributed by atoms with Crippen LogP contribution in [-0.2, 0) is 15.8 Å². The highest BCUT2D eigenvalue weighted by Crippen LogP contribution is 2.15. The Labute approximate surface area is 159 Å². The zero-order chi connectivity index (χ0) is 19.4. The molecular formula is C19H22N4O3S. The molecule has 27 heavy (non-hydrogen) atoms. The van der Waals surface area contributed by atoms with Gasteiger partial charge in [0.25, 0.3) is 5.91 Å². The smallest absolute Gasteiger partial charge is 0.253 e. The molecule has 8 heteroatoms. The number of carbonyl (C=O) groups is 1. The summed E-state index contributed by atoms with van der Waals surface area (Å²) in [6, 6.07) is 15.6. The third kappa shape index (κ3) is 4.53. The normalized spacial score (nSPS) is 15.5. The van der Waals surface area contributed by atoms with E-state index >= 15 is 0 Å². The lowest BCUT2D eigenvalue weighted by atomic mass is 10.1. The molecule has 0 spiro atoms. The number of amides is 1. The monoisotopic (exact) mass is 386 g/mol. The number of sulfonamides is 1. The summed E-state index contributed by atoms with van der Waals surface area (Å²) >= 11 is 0. The molecule has 0 aromatic heterocycles. The molecule has 1 saturated heterocycles. The lowest BCUT2D eigenvalue weighted by molar-refractivity contribution is 0.0698. The second-order valence-corrected chi connectivity index (χ2v) is 8.39. The molecule has 7 nitrogen and oxygen atoms in total. The first-order chi connectivity index (χ1) is 12.9. The van der Waals surface area contributed by atoms with Crippen LogP contribution >= 0.6 is 0 Å². The van der Waals surface area contributed by atoms with Crippen molar-refractivity contribution in [2.45, 2.75) is 5.75 Å².